The summed E-state index contributed by atoms with van der Waals surface area (Å²) in [5, 5.41) is 13.2. The van der Waals surface area contributed by atoms with E-state index in [2.05, 4.69) is 0 Å². The maximum absolute atomic E-state index is 13.2. The summed E-state index contributed by atoms with van der Waals surface area (Å²) in [5.41, 5.74) is 2.96. The molecule has 1 aliphatic rings. The Morgan fingerprint density at radius 1 is 0.917 bits per heavy atom. The van der Waals surface area contributed by atoms with Gasteiger partial charge in [0.15, 0.2) is 0 Å². The number of carbonyl (C=O) groups excluding carboxylic acids is 3. The highest BCUT2D eigenvalue weighted by molar-refractivity contribution is 6.16. The molecule has 1 fully saturated rings. The minimum absolute atomic E-state index is 0.255. The van der Waals surface area contributed by atoms with Gasteiger partial charge < -0.3 is 9.94 Å². The molecule has 1 saturated heterocycles. The highest BCUT2D eigenvalue weighted by Crippen LogP contribution is 2.36. The number of amides is 4. The quantitative estimate of drug-likeness (QED) is 0.288. The number of barbiturate groups is 1. The van der Waals surface area contributed by atoms with E-state index in [-0.39, 0.29) is 5.82 Å². The van der Waals surface area contributed by atoms with Crippen molar-refractivity contribution >= 4 is 17.8 Å². The largest absolute Gasteiger partial charge is 0.711 e. The van der Waals surface area contributed by atoms with Crippen LogP contribution in [0, 0.1) is 25.0 Å². The van der Waals surface area contributed by atoms with E-state index in [9.17, 15) is 19.6 Å². The molecular formula is C27H30N4O5. The van der Waals surface area contributed by atoms with E-state index in [1.54, 1.807) is 49.7 Å². The van der Waals surface area contributed by atoms with Crippen molar-refractivity contribution in [1.82, 2.24) is 14.4 Å². The third kappa shape index (κ3) is 4.32. The number of imide groups is 2. The van der Waals surface area contributed by atoms with Crippen molar-refractivity contribution in [3.8, 4) is 5.75 Å². The van der Waals surface area contributed by atoms with Gasteiger partial charge >= 0.3 is 6.03 Å². The molecule has 36 heavy (non-hydrogen) atoms. The van der Waals surface area contributed by atoms with Crippen LogP contribution in [-0.4, -0.2) is 52.9 Å². The van der Waals surface area contributed by atoms with Crippen molar-refractivity contribution < 1.29 is 23.9 Å². The Morgan fingerprint density at radius 3 is 2.03 bits per heavy atom. The van der Waals surface area contributed by atoms with Crippen molar-refractivity contribution in [2.24, 2.45) is 13.0 Å². The lowest BCUT2D eigenvalue weighted by atomic mass is 9.82. The zero-order valence-electron chi connectivity index (χ0n) is 21.1. The van der Waals surface area contributed by atoms with Crippen LogP contribution in [0.3, 0.4) is 0 Å². The highest BCUT2D eigenvalue weighted by atomic mass is 16.5. The van der Waals surface area contributed by atoms with Crippen LogP contribution in [0.4, 0.5) is 4.79 Å². The van der Waals surface area contributed by atoms with E-state index in [0.717, 1.165) is 26.6 Å². The smallest absolute Gasteiger partial charge is 0.332 e. The fourth-order valence-electron chi connectivity index (χ4n) is 4.62. The molecule has 0 saturated carbocycles. The maximum atomic E-state index is 13.2. The summed E-state index contributed by atoms with van der Waals surface area (Å²) in [7, 11) is 4.42. The minimum atomic E-state index is -1.27. The average Bonchev–Trinajstić information content (AvgIpc) is 3.08. The summed E-state index contributed by atoms with van der Waals surface area (Å²) in [6.45, 7) is 3.99. The molecule has 2 heterocycles. The number of nitrogens with zero attached hydrogens (tertiary/aromatic N) is 4. The molecule has 4 amide bonds. The first kappa shape index (κ1) is 25.0. The van der Waals surface area contributed by atoms with Crippen LogP contribution in [0.1, 0.15) is 34.3 Å². The topological polar surface area (TPSA) is 98.8 Å². The number of benzene rings is 2. The van der Waals surface area contributed by atoms with Crippen LogP contribution in [0.25, 0.3) is 0 Å². The van der Waals surface area contributed by atoms with Crippen LogP contribution in [0.15, 0.2) is 54.6 Å². The minimum Gasteiger partial charge on any atom is -0.711 e. The molecule has 9 nitrogen and oxygen atoms in total. The number of urea groups is 1. The molecule has 1 aromatic heterocycles. The number of aromatic nitrogens is 2. The summed E-state index contributed by atoms with van der Waals surface area (Å²) in [6, 6.07) is 16.4. The lowest BCUT2D eigenvalue weighted by molar-refractivity contribution is -0.621. The molecule has 0 aliphatic carbocycles. The lowest BCUT2D eigenvalue weighted by Crippen LogP contribution is -2.59. The maximum Gasteiger partial charge on any atom is 0.332 e. The first-order valence-corrected chi connectivity index (χ1v) is 11.7. The summed E-state index contributed by atoms with van der Waals surface area (Å²) in [6.07, 6.45) is 0.751. The molecule has 0 N–H and O–H groups in total. The summed E-state index contributed by atoms with van der Waals surface area (Å²) >= 11 is 0. The molecular weight excluding hydrogens is 460 g/mol. The molecule has 9 heteroatoms. The second kappa shape index (κ2) is 9.85. The Morgan fingerprint density at radius 2 is 1.50 bits per heavy atom. The Kier molecular flexibility index (Phi) is 6.83. The standard InChI is InChI=1S/C27H30N4O5/c1-17-18(2)31(35)24(28(17)3)22(23-25(32)29(4)27(34)30(5)26(23)33)20-11-13-21(14-12-20)36-16-15-19-9-7-6-8-10-19/h6-14,22-23H,15-16H2,1-5H3/t22-/m0/s1. The normalized spacial score (nSPS) is 15.5. The first-order valence-electron chi connectivity index (χ1n) is 11.7. The van der Waals surface area contributed by atoms with Crippen LogP contribution in [-0.2, 0) is 23.1 Å². The number of rotatable bonds is 7. The van der Waals surface area contributed by atoms with Gasteiger partial charge in [-0.1, -0.05) is 42.5 Å². The van der Waals surface area contributed by atoms with Crippen molar-refractivity contribution in [3.05, 3.63) is 88.1 Å². The Bertz CT molecular complexity index is 1250. The Balaban J connectivity index is 1.69. The molecule has 0 radical (unpaired) electrons. The molecule has 3 aromatic rings. The second-order valence-corrected chi connectivity index (χ2v) is 9.07. The summed E-state index contributed by atoms with van der Waals surface area (Å²) in [5.74, 6) is -2.58. The van der Waals surface area contributed by atoms with Gasteiger partial charge in [0.1, 0.15) is 29.0 Å². The van der Waals surface area contributed by atoms with Crippen molar-refractivity contribution in [3.63, 3.8) is 0 Å². The molecule has 1 aliphatic heterocycles. The van der Waals surface area contributed by atoms with Gasteiger partial charge in [-0.3, -0.25) is 19.4 Å². The van der Waals surface area contributed by atoms with Gasteiger partial charge in [0, 0.05) is 34.4 Å². The van der Waals surface area contributed by atoms with Crippen molar-refractivity contribution in [2.75, 3.05) is 20.7 Å². The van der Waals surface area contributed by atoms with Gasteiger partial charge in [-0.05, 0) is 23.3 Å². The van der Waals surface area contributed by atoms with Gasteiger partial charge in [0.2, 0.25) is 11.8 Å². The number of ether oxygens (including phenoxy) is 1. The average molecular weight is 491 g/mol. The van der Waals surface area contributed by atoms with E-state index >= 15 is 0 Å². The monoisotopic (exact) mass is 490 g/mol. The zero-order chi connectivity index (χ0) is 26.1. The first-order chi connectivity index (χ1) is 17.1. The summed E-state index contributed by atoms with van der Waals surface area (Å²) in [4.78, 5) is 40.7. The van der Waals surface area contributed by atoms with Crippen molar-refractivity contribution in [2.45, 2.75) is 26.2 Å². The highest BCUT2D eigenvalue weighted by Gasteiger charge is 2.51. The molecule has 0 spiro atoms. The third-order valence-electron chi connectivity index (χ3n) is 7.00. The van der Waals surface area contributed by atoms with Crippen LogP contribution in [0.5, 0.6) is 5.75 Å². The van der Waals surface area contributed by atoms with Gasteiger partial charge in [0.05, 0.1) is 13.7 Å². The summed E-state index contributed by atoms with van der Waals surface area (Å²) < 4.78 is 8.36. The molecule has 0 unspecified atom stereocenters. The lowest BCUT2D eigenvalue weighted by Gasteiger charge is -2.35. The molecule has 2 aromatic carbocycles. The SMILES string of the molecule is Cc1c(C)[n+]([O-])c([C@@H](c2ccc(OCCc3ccccc3)cc2)C2C(=O)N(C)C(=O)N(C)C2=O)n1C. The molecule has 1 atom stereocenters. The van der Waals surface area contributed by atoms with Gasteiger partial charge in [0.25, 0.3) is 5.82 Å². The predicted molar refractivity (Wildman–Crippen MR) is 132 cm³/mol. The predicted octanol–water partition coefficient (Wildman–Crippen LogP) is 2.70. The van der Waals surface area contributed by atoms with E-state index < -0.39 is 29.7 Å². The Labute approximate surface area is 210 Å². The number of hydrogen-bond acceptors (Lipinski definition) is 5. The fraction of sp³-hybridized carbons (Fsp3) is 0.333. The number of imidazole rings is 1. The fourth-order valence-corrected chi connectivity index (χ4v) is 4.62. The molecule has 0 bridgehead atoms. The van der Waals surface area contributed by atoms with Crippen LogP contribution < -0.4 is 9.47 Å². The van der Waals surface area contributed by atoms with Crippen molar-refractivity contribution in [1.29, 1.82) is 0 Å². The van der Waals surface area contributed by atoms with E-state index in [1.165, 1.54) is 19.7 Å². The van der Waals surface area contributed by atoms with Crippen LogP contribution in [0.2, 0.25) is 0 Å². The third-order valence-corrected chi connectivity index (χ3v) is 7.00. The number of carbonyl (C=O) groups is 3. The van der Waals surface area contributed by atoms with E-state index in [4.69, 9.17) is 4.74 Å². The molecule has 188 valence electrons. The number of hydrogen-bond donors (Lipinski definition) is 0. The van der Waals surface area contributed by atoms with Gasteiger partial charge in [-0.15, -0.1) is 0 Å². The van der Waals surface area contributed by atoms with Crippen LogP contribution >= 0.6 is 0 Å². The van der Waals surface area contributed by atoms with Gasteiger partial charge in [-0.2, -0.15) is 0 Å². The van der Waals surface area contributed by atoms with E-state index in [0.29, 0.717) is 23.6 Å². The van der Waals surface area contributed by atoms with E-state index in [1.807, 2.05) is 30.3 Å². The Hall–Kier alpha value is -4.14. The second-order valence-electron chi connectivity index (χ2n) is 9.07. The zero-order valence-corrected chi connectivity index (χ0v) is 21.1. The molecule has 4 rings (SSSR count). The van der Waals surface area contributed by atoms with Gasteiger partial charge in [-0.25, -0.2) is 14.1 Å².